The third-order valence-corrected chi connectivity index (χ3v) is 17.7. The number of nitro benzene ring substituents is 1. The van der Waals surface area contributed by atoms with Crippen molar-refractivity contribution < 1.29 is 36.1 Å². The molecule has 1 N–H and O–H groups in total. The topological polar surface area (TPSA) is 72.2 Å². The number of nitrogens with one attached hydrogen (secondary N) is 1. The van der Waals surface area contributed by atoms with Gasteiger partial charge in [-0.15, -0.1) is 0 Å². The molecule has 0 fully saturated rings. The van der Waals surface area contributed by atoms with E-state index in [1.165, 1.54) is 12.1 Å². The van der Waals surface area contributed by atoms with Gasteiger partial charge in [0.05, 0.1) is 0 Å². The summed E-state index contributed by atoms with van der Waals surface area (Å²) in [6.07, 6.45) is -9.76. The molecule has 5 aromatic rings. The molecule has 0 aromatic heterocycles. The Morgan fingerprint density at radius 2 is 1.18 bits per heavy atom. The average Bonchev–Trinajstić information content (AvgIpc) is 3.08. The van der Waals surface area contributed by atoms with Crippen molar-refractivity contribution in [3.05, 3.63) is 171 Å². The summed E-state index contributed by atoms with van der Waals surface area (Å²) in [4.78, 5) is 25.1. The molecule has 0 heterocycles. The quantitative estimate of drug-likeness (QED) is 0.0629. The van der Waals surface area contributed by atoms with E-state index in [0.717, 1.165) is 16.2 Å². The first-order valence-corrected chi connectivity index (χ1v) is 19.9. The van der Waals surface area contributed by atoms with Gasteiger partial charge >= 0.3 is 293 Å². The van der Waals surface area contributed by atoms with E-state index in [2.05, 4.69) is 20.8 Å². The summed E-state index contributed by atoms with van der Waals surface area (Å²) in [5.74, 6) is -1.11. The molecule has 1 atom stereocenters. The van der Waals surface area contributed by atoms with Gasteiger partial charge in [0.15, 0.2) is 0 Å². The third-order valence-electron chi connectivity index (χ3n) is 8.44. The van der Waals surface area contributed by atoms with Crippen LogP contribution < -0.4 is 15.9 Å². The van der Waals surface area contributed by atoms with Crippen molar-refractivity contribution in [1.82, 2.24) is 5.32 Å². The second-order valence-electron chi connectivity index (χ2n) is 12.0. The molecule has 5 rings (SSSR count). The molecular weight excluding hydrogens is 745 g/mol. The summed E-state index contributed by atoms with van der Waals surface area (Å²) in [6.45, 7) is 0. The van der Waals surface area contributed by atoms with E-state index >= 15 is 0 Å². The van der Waals surface area contributed by atoms with Crippen LogP contribution in [0.25, 0.3) is 0 Å². The zero-order chi connectivity index (χ0) is 36.2. The van der Waals surface area contributed by atoms with Crippen LogP contribution in [0.5, 0.6) is 0 Å². The van der Waals surface area contributed by atoms with Crippen LogP contribution in [0.4, 0.5) is 32.0 Å². The Bertz CT molecular complexity index is 1910. The van der Waals surface area contributed by atoms with Crippen molar-refractivity contribution in [2.75, 3.05) is 6.16 Å². The Kier molecular flexibility index (Phi) is 10.6. The van der Waals surface area contributed by atoms with Crippen molar-refractivity contribution in [2.45, 2.75) is 31.0 Å². The molecule has 5 nitrogen and oxygen atoms in total. The number of halogens is 7. The molecule has 0 aliphatic rings. The monoisotopic (exact) mass is 774 g/mol. The van der Waals surface area contributed by atoms with E-state index in [1.54, 1.807) is 42.5 Å². The Labute approximate surface area is 292 Å². The van der Waals surface area contributed by atoms with Crippen LogP contribution in [-0.2, 0) is 24.9 Å². The van der Waals surface area contributed by atoms with Crippen LogP contribution in [0.2, 0.25) is 0 Å². The molecule has 13 heteroatoms. The van der Waals surface area contributed by atoms with Crippen molar-refractivity contribution >= 4 is 43.0 Å². The molecule has 0 unspecified atom stereocenters. The summed E-state index contributed by atoms with van der Waals surface area (Å²) in [5.41, 5.74) is -2.75. The van der Waals surface area contributed by atoms with Crippen LogP contribution in [0.15, 0.2) is 133 Å². The molecule has 1 amide bonds. The number of hydrogen-bond acceptors (Lipinski definition) is 3. The van der Waals surface area contributed by atoms with E-state index in [9.17, 15) is 41.3 Å². The maximum atomic E-state index is 13.8. The van der Waals surface area contributed by atoms with Crippen molar-refractivity contribution in [3.8, 4) is 0 Å². The number of carbonyl (C=O) groups is 1. The minimum atomic E-state index is -5.14. The summed E-state index contributed by atoms with van der Waals surface area (Å²) in [5, 5.41) is 12.4. The average molecular weight is 776 g/mol. The molecule has 0 bridgehead atoms. The fourth-order valence-corrected chi connectivity index (χ4v) is 14.5. The van der Waals surface area contributed by atoms with Crippen molar-refractivity contribution in [3.63, 3.8) is 0 Å². The van der Waals surface area contributed by atoms with E-state index in [1.807, 2.05) is 60.7 Å². The molecular formula is C37H30BrF6N2O3P. The Morgan fingerprint density at radius 1 is 0.700 bits per heavy atom. The number of amides is 1. The summed E-state index contributed by atoms with van der Waals surface area (Å²) in [6, 6.07) is 33.7. The first kappa shape index (κ1) is 36.7. The van der Waals surface area contributed by atoms with Gasteiger partial charge in [-0.1, -0.05) is 0 Å². The summed E-state index contributed by atoms with van der Waals surface area (Å²) >= 11 is 4.26. The van der Waals surface area contributed by atoms with Gasteiger partial charge in [-0.25, -0.2) is 0 Å². The van der Waals surface area contributed by atoms with Crippen LogP contribution in [-0.4, -0.2) is 23.0 Å². The summed E-state index contributed by atoms with van der Waals surface area (Å²) in [7, 11) is 0. The number of alkyl halides is 6. The SMILES string of the molecule is O=C(N[C@@H](Cc1ccccc1)CP(Br)(Cc1cccc([N+](=O)[O-])c1)(c1ccccc1)c1ccccc1)c1cc(C(F)(F)F)cc(C(F)(F)F)c1. The van der Waals surface area contributed by atoms with Gasteiger partial charge in [0, 0.05) is 0 Å². The van der Waals surface area contributed by atoms with Gasteiger partial charge in [0.25, 0.3) is 0 Å². The molecule has 260 valence electrons. The van der Waals surface area contributed by atoms with Crippen LogP contribution >= 0.6 is 20.8 Å². The number of non-ortho nitro benzene ring substituents is 1. The van der Waals surface area contributed by atoms with E-state index < -0.39 is 51.2 Å². The van der Waals surface area contributed by atoms with Gasteiger partial charge in [-0.3, -0.25) is 0 Å². The van der Waals surface area contributed by atoms with Gasteiger partial charge in [-0.2, -0.15) is 0 Å². The molecule has 0 saturated heterocycles. The minimum absolute atomic E-state index is 0.0207. The fraction of sp³-hybridized carbons (Fsp3) is 0.162. The van der Waals surface area contributed by atoms with Gasteiger partial charge in [0.1, 0.15) is 0 Å². The number of nitrogens with zero attached hydrogens (tertiary/aromatic N) is 1. The zero-order valence-corrected chi connectivity index (χ0v) is 28.6. The van der Waals surface area contributed by atoms with E-state index in [4.69, 9.17) is 0 Å². The van der Waals surface area contributed by atoms with Gasteiger partial charge in [-0.05, 0) is 0 Å². The standard InChI is InChI=1S/C37H30BrF6N2O3P/c38-50(33-15-6-2-7-16-33,34-17-8-3-9-18-34,24-27-13-10-14-32(20-27)46(48)49)25-31(19-26-11-4-1-5-12-26)45-35(47)28-21-29(36(39,40)41)23-30(22-28)37(42,43)44/h1-18,20-23,31H,19,24-25H2,(H,45,47)/t31-/m0/s1. The number of hydrogen-bond donors (Lipinski definition) is 1. The second kappa shape index (κ2) is 14.4. The van der Waals surface area contributed by atoms with E-state index in [0.29, 0.717) is 17.7 Å². The normalized spacial score (nSPS) is 13.5. The molecule has 0 aliphatic carbocycles. The zero-order valence-electron chi connectivity index (χ0n) is 26.2. The molecule has 5 aromatic carbocycles. The number of benzene rings is 5. The number of carbonyl (C=O) groups excluding carboxylic acids is 1. The Morgan fingerprint density at radius 3 is 1.66 bits per heavy atom. The fourth-order valence-electron chi connectivity index (χ4n) is 6.17. The van der Waals surface area contributed by atoms with Crippen molar-refractivity contribution in [1.29, 1.82) is 0 Å². The van der Waals surface area contributed by atoms with Crippen molar-refractivity contribution in [2.24, 2.45) is 0 Å². The van der Waals surface area contributed by atoms with Crippen LogP contribution in [0.3, 0.4) is 0 Å². The Balaban J connectivity index is 1.69. The summed E-state index contributed by atoms with van der Waals surface area (Å²) < 4.78 is 82.4. The first-order chi connectivity index (χ1) is 23.6. The molecule has 50 heavy (non-hydrogen) atoms. The molecule has 0 aliphatic heterocycles. The molecule has 0 spiro atoms. The maximum absolute atomic E-state index is 13.8. The second-order valence-corrected chi connectivity index (χ2v) is 21.6. The Hall–Kier alpha value is -4.54. The predicted octanol–water partition coefficient (Wildman–Crippen LogP) is 9.69. The van der Waals surface area contributed by atoms with Crippen LogP contribution in [0, 0.1) is 10.1 Å². The van der Waals surface area contributed by atoms with E-state index in [-0.39, 0.29) is 30.5 Å². The first-order valence-electron chi connectivity index (χ1n) is 15.3. The van der Waals surface area contributed by atoms with Gasteiger partial charge < -0.3 is 0 Å². The molecule has 0 radical (unpaired) electrons. The van der Waals surface area contributed by atoms with Crippen LogP contribution in [0.1, 0.15) is 32.6 Å². The number of nitro groups is 1. The number of rotatable bonds is 11. The van der Waals surface area contributed by atoms with Gasteiger partial charge in [0.2, 0.25) is 0 Å². The predicted molar refractivity (Wildman–Crippen MR) is 188 cm³/mol. The molecule has 0 saturated carbocycles. The third kappa shape index (κ3) is 8.25.